The third-order valence-corrected chi connectivity index (χ3v) is 7.00. The number of aliphatic hydroxyl groups is 1. The zero-order chi connectivity index (χ0) is 24.9. The molecule has 2 aliphatic rings. The van der Waals surface area contributed by atoms with E-state index in [4.69, 9.17) is 16.3 Å². The molecule has 2 N–H and O–H groups in total. The molecule has 1 aliphatic carbocycles. The topological polar surface area (TPSA) is 91.2 Å². The second kappa shape index (κ2) is 11.3. The molecule has 4 rings (SSSR count). The number of carbonyl (C=O) groups is 2. The van der Waals surface area contributed by atoms with Gasteiger partial charge in [-0.05, 0) is 31.0 Å². The average Bonchev–Trinajstić information content (AvgIpc) is 2.98. The Bertz CT molecular complexity index is 1090. The number of nitrogens with one attached hydrogen (secondary N) is 1. The van der Waals surface area contributed by atoms with Crippen LogP contribution in [0, 0.1) is 5.92 Å². The molecule has 0 saturated heterocycles. The first-order valence-corrected chi connectivity index (χ1v) is 12.5. The van der Waals surface area contributed by atoms with Gasteiger partial charge in [-0.2, -0.15) is 0 Å². The predicted octanol–water partition coefficient (Wildman–Crippen LogP) is 3.94. The predicted molar refractivity (Wildman–Crippen MR) is 137 cm³/mol. The highest BCUT2D eigenvalue weighted by Gasteiger charge is 2.33. The number of benzene rings is 2. The molecule has 1 saturated carbocycles. The lowest BCUT2D eigenvalue weighted by Gasteiger charge is -2.26. The molecule has 3 atom stereocenters. The number of benzodiazepines with no additional fused rings is 1. The molecule has 7 nitrogen and oxygen atoms in total. The van der Waals surface area contributed by atoms with Crippen molar-refractivity contribution in [2.45, 2.75) is 57.4 Å². The number of nitrogens with zero attached hydrogens (tertiary/aromatic N) is 2. The van der Waals surface area contributed by atoms with E-state index < -0.39 is 24.1 Å². The van der Waals surface area contributed by atoms with Crippen LogP contribution >= 0.6 is 11.6 Å². The Morgan fingerprint density at radius 2 is 1.91 bits per heavy atom. The molecule has 0 bridgehead atoms. The third-order valence-electron chi connectivity index (χ3n) is 6.77. The zero-order valence-corrected chi connectivity index (χ0v) is 20.9. The van der Waals surface area contributed by atoms with Crippen LogP contribution in [0.25, 0.3) is 0 Å². The number of aliphatic hydroxyl groups excluding tert-OH is 1. The van der Waals surface area contributed by atoms with Gasteiger partial charge in [-0.3, -0.25) is 9.59 Å². The highest BCUT2D eigenvalue weighted by molar-refractivity contribution is 6.32. The van der Waals surface area contributed by atoms with Gasteiger partial charge in [0.1, 0.15) is 0 Å². The van der Waals surface area contributed by atoms with E-state index in [2.05, 4.69) is 10.3 Å². The van der Waals surface area contributed by atoms with Crippen LogP contribution in [0.4, 0.5) is 5.69 Å². The second-order valence-corrected chi connectivity index (χ2v) is 9.70. The second-order valence-electron chi connectivity index (χ2n) is 9.26. The van der Waals surface area contributed by atoms with E-state index in [0.29, 0.717) is 22.0 Å². The fourth-order valence-corrected chi connectivity index (χ4v) is 4.69. The van der Waals surface area contributed by atoms with Crippen LogP contribution in [0.2, 0.25) is 5.02 Å². The van der Waals surface area contributed by atoms with Gasteiger partial charge < -0.3 is 20.1 Å². The van der Waals surface area contributed by atoms with Gasteiger partial charge in [0.25, 0.3) is 5.91 Å². The number of likely N-dealkylation sites (N-methyl/N-ethyl adjacent to an activating group) is 1. The Balaban J connectivity index is 1.54. The molecule has 2 aromatic rings. The van der Waals surface area contributed by atoms with Gasteiger partial charge >= 0.3 is 0 Å². The summed E-state index contributed by atoms with van der Waals surface area (Å²) in [5.41, 5.74) is 2.70. The Kier molecular flexibility index (Phi) is 8.21. The molecule has 2 amide bonds. The molecule has 1 fully saturated rings. The molecular weight excluding hydrogens is 466 g/mol. The van der Waals surface area contributed by atoms with Gasteiger partial charge in [0.15, 0.2) is 0 Å². The number of amides is 2. The molecule has 1 aliphatic heterocycles. The smallest absolute Gasteiger partial charge is 0.272 e. The van der Waals surface area contributed by atoms with E-state index in [9.17, 15) is 14.7 Å². The van der Waals surface area contributed by atoms with Gasteiger partial charge in [-0.25, -0.2) is 4.99 Å². The van der Waals surface area contributed by atoms with Crippen molar-refractivity contribution in [3.63, 3.8) is 0 Å². The maximum absolute atomic E-state index is 13.3. The van der Waals surface area contributed by atoms with Crippen molar-refractivity contribution in [1.29, 1.82) is 0 Å². The maximum atomic E-state index is 13.3. The summed E-state index contributed by atoms with van der Waals surface area (Å²) in [6, 6.07) is 14.7. The normalized spacial score (nSPS) is 20.5. The van der Waals surface area contributed by atoms with E-state index in [0.717, 1.165) is 31.2 Å². The fourth-order valence-electron chi connectivity index (χ4n) is 4.52. The van der Waals surface area contributed by atoms with Gasteiger partial charge in [-0.1, -0.05) is 68.1 Å². The highest BCUT2D eigenvalue weighted by Crippen LogP contribution is 2.30. The number of halogens is 1. The Labute approximate surface area is 211 Å². The number of fused-ring (bicyclic) bond motifs is 1. The molecule has 8 heteroatoms. The number of hydrogen-bond acceptors (Lipinski definition) is 5. The van der Waals surface area contributed by atoms with Crippen LogP contribution in [0.15, 0.2) is 53.5 Å². The van der Waals surface area contributed by atoms with Crippen LogP contribution < -0.4 is 10.2 Å². The van der Waals surface area contributed by atoms with Crippen LogP contribution in [-0.2, 0) is 14.3 Å². The van der Waals surface area contributed by atoms with Gasteiger partial charge in [0.2, 0.25) is 12.1 Å². The van der Waals surface area contributed by atoms with Crippen LogP contribution in [0.3, 0.4) is 0 Å². The minimum atomic E-state index is -1.15. The summed E-state index contributed by atoms with van der Waals surface area (Å²) in [7, 11) is 1.65. The van der Waals surface area contributed by atoms with Crippen molar-refractivity contribution in [2.75, 3.05) is 18.6 Å². The minimum absolute atomic E-state index is 0.0836. The van der Waals surface area contributed by atoms with Crippen molar-refractivity contribution < 1.29 is 19.4 Å². The van der Waals surface area contributed by atoms with Crippen molar-refractivity contribution in [1.82, 2.24) is 5.32 Å². The number of aliphatic imine (C=N–C) groups is 1. The Hall–Kier alpha value is -2.74. The molecule has 35 heavy (non-hydrogen) atoms. The molecule has 0 radical (unpaired) electrons. The van der Waals surface area contributed by atoms with Gasteiger partial charge in [0.05, 0.1) is 36.1 Å². The maximum Gasteiger partial charge on any atom is 0.272 e. The summed E-state index contributed by atoms with van der Waals surface area (Å²) >= 11 is 6.28. The Morgan fingerprint density at radius 3 is 2.63 bits per heavy atom. The largest absolute Gasteiger partial charge is 0.390 e. The van der Waals surface area contributed by atoms with Crippen LogP contribution in [-0.4, -0.2) is 54.7 Å². The van der Waals surface area contributed by atoms with Crippen molar-refractivity contribution >= 4 is 34.8 Å². The molecule has 186 valence electrons. The summed E-state index contributed by atoms with van der Waals surface area (Å²) in [6.45, 7) is 1.71. The molecule has 2 aromatic carbocycles. The number of anilines is 1. The minimum Gasteiger partial charge on any atom is -0.390 e. The summed E-state index contributed by atoms with van der Waals surface area (Å²) in [5.74, 6) is -1.61. The molecule has 1 unspecified atom stereocenters. The molecule has 1 heterocycles. The van der Waals surface area contributed by atoms with E-state index >= 15 is 0 Å². The van der Waals surface area contributed by atoms with E-state index in [1.165, 1.54) is 11.3 Å². The number of carbonyl (C=O) groups excluding carboxylic acids is 2. The first kappa shape index (κ1) is 25.4. The highest BCUT2D eigenvalue weighted by atomic mass is 35.5. The van der Waals surface area contributed by atoms with Crippen molar-refractivity contribution in [3.05, 3.63) is 64.7 Å². The Morgan fingerprint density at radius 1 is 1.20 bits per heavy atom. The van der Waals surface area contributed by atoms with Crippen molar-refractivity contribution in [2.24, 2.45) is 10.9 Å². The number of rotatable bonds is 7. The fraction of sp³-hybridized carbons (Fsp3) is 0.444. The van der Waals surface area contributed by atoms with E-state index in [1.807, 2.05) is 30.3 Å². The monoisotopic (exact) mass is 497 g/mol. The number of hydrogen-bond donors (Lipinski definition) is 2. The summed E-state index contributed by atoms with van der Waals surface area (Å²) in [5, 5.41) is 13.9. The summed E-state index contributed by atoms with van der Waals surface area (Å²) < 4.78 is 5.85. The van der Waals surface area contributed by atoms with Gasteiger partial charge in [0, 0.05) is 23.2 Å². The molecule has 0 spiro atoms. The SMILES string of the molecule is C[C@@H](C(=O)NC1N=C(c2ccccc2)c2cc(Cl)ccc2N(C)C1=O)[C@@H](O)COC1CCCCC1. The van der Waals surface area contributed by atoms with Crippen molar-refractivity contribution in [3.8, 4) is 0 Å². The standard InChI is InChI=1S/C27H32ClN3O4/c1-17(23(32)16-35-20-11-7-4-8-12-20)26(33)30-25-27(34)31(2)22-14-13-19(28)15-21(22)24(29-25)18-9-5-3-6-10-18/h3,5-6,9-10,13-15,17,20,23,25,32H,4,7-8,11-12,16H2,1-2H3,(H,30,33)/t17-,23+,25?/m1/s1. The average molecular weight is 498 g/mol. The lowest BCUT2D eigenvalue weighted by atomic mass is 9.97. The quantitative estimate of drug-likeness (QED) is 0.606. The van der Waals surface area contributed by atoms with Crippen LogP contribution in [0.1, 0.15) is 50.2 Å². The number of ether oxygens (including phenoxy) is 1. The lowest BCUT2D eigenvalue weighted by Crippen LogP contribution is -2.49. The van der Waals surface area contributed by atoms with Gasteiger partial charge in [-0.15, -0.1) is 0 Å². The van der Waals surface area contributed by atoms with E-state index in [-0.39, 0.29) is 18.6 Å². The van der Waals surface area contributed by atoms with E-state index in [1.54, 1.807) is 32.2 Å². The molecular formula is C27H32ClN3O4. The summed E-state index contributed by atoms with van der Waals surface area (Å²) in [6.07, 6.45) is 3.44. The first-order chi connectivity index (χ1) is 16.8. The zero-order valence-electron chi connectivity index (χ0n) is 20.1. The summed E-state index contributed by atoms with van der Waals surface area (Å²) in [4.78, 5) is 32.5. The lowest BCUT2D eigenvalue weighted by molar-refractivity contribution is -0.134. The first-order valence-electron chi connectivity index (χ1n) is 12.2. The third kappa shape index (κ3) is 5.92. The van der Waals surface area contributed by atoms with Crippen LogP contribution in [0.5, 0.6) is 0 Å². The molecule has 0 aromatic heterocycles.